The molecule has 0 aromatic heterocycles. The Bertz CT molecular complexity index is 448. The highest BCUT2D eigenvalue weighted by molar-refractivity contribution is 5.78. The molecule has 124 valence electrons. The number of carboxylic acid groups (broad SMARTS) is 1. The molecule has 6 heteroatoms. The molecular formula is C16H27N3O3. The first-order valence-electron chi connectivity index (χ1n) is 7.73. The predicted octanol–water partition coefficient (Wildman–Crippen LogP) is 1.07. The zero-order chi connectivity index (χ0) is 16.6. The van der Waals surface area contributed by atoms with E-state index in [-0.39, 0.29) is 18.0 Å². The molecule has 0 saturated heterocycles. The van der Waals surface area contributed by atoms with E-state index in [2.05, 4.69) is 11.9 Å². The zero-order valence-electron chi connectivity index (χ0n) is 13.0. The number of hydrogen-bond acceptors (Lipinski definition) is 4. The fraction of sp³-hybridized carbons (Fsp3) is 0.625. The molecule has 0 bridgehead atoms. The number of carboxylic acids is 1. The summed E-state index contributed by atoms with van der Waals surface area (Å²) < 4.78 is 0. The highest BCUT2D eigenvalue weighted by atomic mass is 16.4. The van der Waals surface area contributed by atoms with Crippen molar-refractivity contribution in [3.05, 3.63) is 24.3 Å². The van der Waals surface area contributed by atoms with E-state index in [1.807, 2.05) is 12.2 Å². The van der Waals surface area contributed by atoms with Crippen molar-refractivity contribution in [1.29, 1.82) is 0 Å². The maximum Gasteiger partial charge on any atom is 0.322 e. The summed E-state index contributed by atoms with van der Waals surface area (Å²) in [6.45, 7) is 3.92. The highest BCUT2D eigenvalue weighted by Crippen LogP contribution is 2.26. The van der Waals surface area contributed by atoms with Gasteiger partial charge in [0.25, 0.3) is 0 Å². The molecule has 0 aromatic rings. The minimum atomic E-state index is -1.12. The Balaban J connectivity index is 2.21. The molecule has 6 nitrogen and oxygen atoms in total. The molecule has 2 unspecified atom stereocenters. The third kappa shape index (κ3) is 6.87. The van der Waals surface area contributed by atoms with E-state index in [0.29, 0.717) is 6.42 Å². The lowest BCUT2D eigenvalue weighted by molar-refractivity contribution is -0.138. The van der Waals surface area contributed by atoms with Gasteiger partial charge in [0.15, 0.2) is 0 Å². The Hall–Kier alpha value is -1.66. The number of nitrogens with one attached hydrogen (secondary N) is 1. The van der Waals surface area contributed by atoms with Crippen LogP contribution < -0.4 is 16.8 Å². The predicted molar refractivity (Wildman–Crippen MR) is 86.1 cm³/mol. The van der Waals surface area contributed by atoms with Gasteiger partial charge in [0.05, 0.1) is 0 Å². The minimum Gasteiger partial charge on any atom is -0.480 e. The number of carbonyl (C=O) groups is 2. The SMILES string of the molecule is C=C1C=CC(N)(CCCCC(=O)NCC(N)C(=O)O)CCC1. The molecule has 6 N–H and O–H groups in total. The van der Waals surface area contributed by atoms with Crippen LogP contribution in [0.4, 0.5) is 0 Å². The van der Waals surface area contributed by atoms with Gasteiger partial charge in [-0.15, -0.1) is 0 Å². The molecule has 1 aliphatic rings. The second kappa shape index (κ2) is 8.70. The van der Waals surface area contributed by atoms with Gasteiger partial charge in [-0.3, -0.25) is 9.59 Å². The smallest absolute Gasteiger partial charge is 0.322 e. The van der Waals surface area contributed by atoms with Crippen LogP contribution in [0.25, 0.3) is 0 Å². The van der Waals surface area contributed by atoms with Crippen LogP contribution in [0.15, 0.2) is 24.3 Å². The first kappa shape index (κ1) is 18.4. The van der Waals surface area contributed by atoms with Crippen molar-refractivity contribution >= 4 is 11.9 Å². The summed E-state index contributed by atoms with van der Waals surface area (Å²) in [4.78, 5) is 22.1. The van der Waals surface area contributed by atoms with Crippen LogP contribution in [0.5, 0.6) is 0 Å². The first-order valence-corrected chi connectivity index (χ1v) is 7.73. The van der Waals surface area contributed by atoms with Gasteiger partial charge in [-0.05, 0) is 32.1 Å². The van der Waals surface area contributed by atoms with Gasteiger partial charge in [0, 0.05) is 18.5 Å². The van der Waals surface area contributed by atoms with Crippen LogP contribution in [0, 0.1) is 0 Å². The van der Waals surface area contributed by atoms with E-state index in [9.17, 15) is 9.59 Å². The lowest BCUT2D eigenvalue weighted by Crippen LogP contribution is -2.42. The molecule has 0 aromatic carbocycles. The van der Waals surface area contributed by atoms with Crippen LogP contribution in [0.2, 0.25) is 0 Å². The van der Waals surface area contributed by atoms with Crippen molar-refractivity contribution in [3.8, 4) is 0 Å². The zero-order valence-corrected chi connectivity index (χ0v) is 13.0. The molecule has 2 atom stereocenters. The Kier molecular flexibility index (Phi) is 7.27. The standard InChI is InChI=1S/C16H27N3O3/c1-12-5-4-9-16(18,10-7-12)8-3-2-6-14(20)19-11-13(17)15(21)22/h7,10,13H,1-6,8-9,11,17-18H2,(H,19,20)(H,21,22). The number of rotatable bonds is 8. The quantitative estimate of drug-likeness (QED) is 0.500. The molecule has 1 amide bonds. The molecule has 0 saturated carbocycles. The van der Waals surface area contributed by atoms with Crippen molar-refractivity contribution < 1.29 is 14.7 Å². The maximum absolute atomic E-state index is 11.6. The van der Waals surface area contributed by atoms with Crippen molar-refractivity contribution in [1.82, 2.24) is 5.32 Å². The van der Waals surface area contributed by atoms with E-state index in [0.717, 1.165) is 44.1 Å². The number of allylic oxidation sites excluding steroid dienone is 2. The molecule has 0 aliphatic heterocycles. The Morgan fingerprint density at radius 3 is 2.86 bits per heavy atom. The first-order chi connectivity index (χ1) is 10.3. The average Bonchev–Trinajstić information content (AvgIpc) is 2.63. The van der Waals surface area contributed by atoms with Crippen molar-refractivity contribution in [3.63, 3.8) is 0 Å². The summed E-state index contributed by atoms with van der Waals surface area (Å²) in [5, 5.41) is 11.1. The molecule has 0 radical (unpaired) electrons. The van der Waals surface area contributed by atoms with Gasteiger partial charge in [-0.2, -0.15) is 0 Å². The van der Waals surface area contributed by atoms with E-state index >= 15 is 0 Å². The summed E-state index contributed by atoms with van der Waals surface area (Å²) in [6, 6.07) is -1.06. The minimum absolute atomic E-state index is 0.0418. The number of hydrogen-bond donors (Lipinski definition) is 4. The van der Waals surface area contributed by atoms with Crippen LogP contribution in [0.1, 0.15) is 44.9 Å². The summed E-state index contributed by atoms with van der Waals surface area (Å²) in [7, 11) is 0. The molecule has 22 heavy (non-hydrogen) atoms. The number of carbonyl (C=O) groups excluding carboxylic acids is 1. The number of nitrogens with two attached hydrogens (primary N) is 2. The van der Waals surface area contributed by atoms with Crippen molar-refractivity contribution in [2.24, 2.45) is 11.5 Å². The van der Waals surface area contributed by atoms with Crippen LogP contribution in [-0.2, 0) is 9.59 Å². The molecule has 0 spiro atoms. The lowest BCUT2D eigenvalue weighted by atomic mass is 9.89. The normalized spacial score (nSPS) is 22.9. The Morgan fingerprint density at radius 2 is 2.18 bits per heavy atom. The van der Waals surface area contributed by atoms with Gasteiger partial charge in [0.1, 0.15) is 6.04 Å². The topological polar surface area (TPSA) is 118 Å². The van der Waals surface area contributed by atoms with Crippen molar-refractivity contribution in [2.75, 3.05) is 6.54 Å². The molecule has 0 heterocycles. The largest absolute Gasteiger partial charge is 0.480 e. The fourth-order valence-corrected chi connectivity index (χ4v) is 2.44. The summed E-state index contributed by atoms with van der Waals surface area (Å²) in [6.07, 6.45) is 9.77. The number of unbranched alkanes of at least 4 members (excludes halogenated alkanes) is 1. The molecular weight excluding hydrogens is 282 g/mol. The maximum atomic E-state index is 11.6. The summed E-state index contributed by atoms with van der Waals surface area (Å²) in [5.41, 5.74) is 12.5. The van der Waals surface area contributed by atoms with Gasteiger partial charge in [0.2, 0.25) is 5.91 Å². The third-order valence-corrected chi connectivity index (χ3v) is 3.92. The second-order valence-corrected chi connectivity index (χ2v) is 6.03. The summed E-state index contributed by atoms with van der Waals surface area (Å²) in [5.74, 6) is -1.29. The highest BCUT2D eigenvalue weighted by Gasteiger charge is 2.22. The van der Waals surface area contributed by atoms with Gasteiger partial charge >= 0.3 is 5.97 Å². The van der Waals surface area contributed by atoms with Gasteiger partial charge < -0.3 is 21.9 Å². The van der Waals surface area contributed by atoms with Gasteiger partial charge in [-0.1, -0.05) is 30.7 Å². The van der Waals surface area contributed by atoms with E-state index < -0.39 is 12.0 Å². The summed E-state index contributed by atoms with van der Waals surface area (Å²) >= 11 is 0. The monoisotopic (exact) mass is 309 g/mol. The fourth-order valence-electron chi connectivity index (χ4n) is 2.44. The second-order valence-electron chi connectivity index (χ2n) is 6.03. The van der Waals surface area contributed by atoms with Gasteiger partial charge in [-0.25, -0.2) is 0 Å². The van der Waals surface area contributed by atoms with Crippen LogP contribution in [-0.4, -0.2) is 35.1 Å². The number of aliphatic carboxylic acids is 1. The Labute approximate surface area is 131 Å². The average molecular weight is 309 g/mol. The molecule has 0 fully saturated rings. The number of amides is 1. The molecule has 1 aliphatic carbocycles. The third-order valence-electron chi connectivity index (χ3n) is 3.92. The van der Waals surface area contributed by atoms with Crippen LogP contribution >= 0.6 is 0 Å². The van der Waals surface area contributed by atoms with E-state index in [1.54, 1.807) is 0 Å². The van der Waals surface area contributed by atoms with E-state index in [1.165, 1.54) is 0 Å². The Morgan fingerprint density at radius 1 is 1.45 bits per heavy atom. The lowest BCUT2D eigenvalue weighted by Gasteiger charge is -2.24. The molecule has 1 rings (SSSR count). The van der Waals surface area contributed by atoms with E-state index in [4.69, 9.17) is 16.6 Å². The van der Waals surface area contributed by atoms with Crippen molar-refractivity contribution in [2.45, 2.75) is 56.5 Å². The van der Waals surface area contributed by atoms with Crippen LogP contribution in [0.3, 0.4) is 0 Å².